The number of hydrogen-bond acceptors (Lipinski definition) is 5. The highest BCUT2D eigenvalue weighted by molar-refractivity contribution is 9.10. The number of ether oxygens (including phenoxy) is 1. The lowest BCUT2D eigenvalue weighted by atomic mass is 9.98. The van der Waals surface area contributed by atoms with Crippen molar-refractivity contribution in [2.24, 2.45) is 0 Å². The predicted octanol–water partition coefficient (Wildman–Crippen LogP) is 6.26. The molecule has 0 radical (unpaired) electrons. The molecule has 1 aromatic heterocycles. The molecule has 3 aromatic carbocycles. The Morgan fingerprint density at radius 1 is 1.03 bits per heavy atom. The van der Waals surface area contributed by atoms with Crippen LogP contribution in [0.2, 0.25) is 0 Å². The Bertz CT molecular complexity index is 1480. The topological polar surface area (TPSA) is 76.8 Å². The number of carbonyl (C=O) groups excluding carboxylic acids is 2. The van der Waals surface area contributed by atoms with Crippen LogP contribution in [0.3, 0.4) is 0 Å². The van der Waals surface area contributed by atoms with Crippen LogP contribution in [0.5, 0.6) is 0 Å². The molecule has 1 aliphatic heterocycles. The van der Waals surface area contributed by atoms with Crippen molar-refractivity contribution in [3.8, 4) is 0 Å². The lowest BCUT2D eigenvalue weighted by Gasteiger charge is -2.25. The Balaban J connectivity index is 1.61. The summed E-state index contributed by atoms with van der Waals surface area (Å²) in [5.41, 5.74) is 2.13. The molecule has 0 saturated carbocycles. The van der Waals surface area contributed by atoms with Crippen molar-refractivity contribution in [2.75, 3.05) is 11.5 Å². The average Bonchev–Trinajstić information content (AvgIpc) is 3.17. The van der Waals surface area contributed by atoms with E-state index in [1.165, 1.54) is 0 Å². The first kappa shape index (κ1) is 23.1. The number of fused-ring (bicyclic) bond motifs is 2. The van der Waals surface area contributed by atoms with E-state index >= 15 is 0 Å². The van der Waals surface area contributed by atoms with E-state index in [2.05, 4.69) is 15.9 Å². The molecule has 0 bridgehead atoms. The molecule has 2 heterocycles. The van der Waals surface area contributed by atoms with Crippen LogP contribution in [0.4, 0.5) is 5.69 Å². The van der Waals surface area contributed by atoms with Gasteiger partial charge < -0.3 is 9.15 Å². The molecule has 1 aliphatic rings. The summed E-state index contributed by atoms with van der Waals surface area (Å²) in [5.74, 6) is -0.787. The van der Waals surface area contributed by atoms with Gasteiger partial charge in [0.05, 0.1) is 29.2 Å². The molecule has 6 nitrogen and oxygen atoms in total. The third kappa shape index (κ3) is 4.17. The van der Waals surface area contributed by atoms with E-state index in [1.54, 1.807) is 47.4 Å². The predicted molar refractivity (Wildman–Crippen MR) is 137 cm³/mol. The zero-order valence-corrected chi connectivity index (χ0v) is 20.6. The molecule has 1 amide bonds. The SMILES string of the molecule is CCCCOC(=O)c1ccc(N2C(=O)c3oc4ccc(Br)cc4c(=O)c3C2c2ccccc2)cc1. The van der Waals surface area contributed by atoms with Gasteiger partial charge in [-0.1, -0.05) is 59.6 Å². The largest absolute Gasteiger partial charge is 0.462 e. The van der Waals surface area contributed by atoms with Gasteiger partial charge in [-0.2, -0.15) is 0 Å². The van der Waals surface area contributed by atoms with E-state index in [0.29, 0.717) is 34.4 Å². The number of anilines is 1. The highest BCUT2D eigenvalue weighted by atomic mass is 79.9. The summed E-state index contributed by atoms with van der Waals surface area (Å²) in [5, 5.41) is 0.402. The van der Waals surface area contributed by atoms with Crippen molar-refractivity contribution in [3.63, 3.8) is 0 Å². The normalized spacial score (nSPS) is 14.9. The summed E-state index contributed by atoms with van der Waals surface area (Å²) in [6, 6.07) is 20.5. The van der Waals surface area contributed by atoms with Crippen LogP contribution < -0.4 is 10.3 Å². The first-order valence-electron chi connectivity index (χ1n) is 11.4. The lowest BCUT2D eigenvalue weighted by Crippen LogP contribution is -2.29. The summed E-state index contributed by atoms with van der Waals surface area (Å²) < 4.78 is 12.0. The molecular weight excluding hydrogens is 510 g/mol. The van der Waals surface area contributed by atoms with Gasteiger partial charge in [-0.05, 0) is 54.4 Å². The van der Waals surface area contributed by atoms with Crippen LogP contribution in [0, 0.1) is 0 Å². The quantitative estimate of drug-likeness (QED) is 0.216. The summed E-state index contributed by atoms with van der Waals surface area (Å²) in [7, 11) is 0. The number of esters is 1. The molecule has 0 fully saturated rings. The highest BCUT2D eigenvalue weighted by Gasteiger charge is 2.43. The molecule has 35 heavy (non-hydrogen) atoms. The maximum Gasteiger partial charge on any atom is 0.338 e. The number of rotatable bonds is 6. The average molecular weight is 532 g/mol. The summed E-state index contributed by atoms with van der Waals surface area (Å²) in [6.45, 7) is 2.39. The maximum atomic E-state index is 13.6. The van der Waals surface area contributed by atoms with Gasteiger partial charge in [0.25, 0.3) is 5.91 Å². The van der Waals surface area contributed by atoms with E-state index in [9.17, 15) is 14.4 Å². The van der Waals surface area contributed by atoms with E-state index in [-0.39, 0.29) is 11.2 Å². The first-order chi connectivity index (χ1) is 17.0. The maximum absolute atomic E-state index is 13.6. The Labute approximate surface area is 210 Å². The second kappa shape index (κ2) is 9.50. The molecule has 0 saturated heterocycles. The Morgan fingerprint density at radius 2 is 1.77 bits per heavy atom. The summed E-state index contributed by atoms with van der Waals surface area (Å²) in [4.78, 5) is 41.1. The van der Waals surface area contributed by atoms with Gasteiger partial charge in [-0.3, -0.25) is 14.5 Å². The molecule has 1 atom stereocenters. The smallest absolute Gasteiger partial charge is 0.338 e. The Hall–Kier alpha value is -3.71. The number of halogens is 1. The molecule has 1 unspecified atom stereocenters. The molecule has 0 spiro atoms. The van der Waals surface area contributed by atoms with Crippen molar-refractivity contribution < 1.29 is 18.7 Å². The summed E-state index contributed by atoms with van der Waals surface area (Å²) in [6.07, 6.45) is 1.73. The van der Waals surface area contributed by atoms with Crippen molar-refractivity contribution in [1.29, 1.82) is 0 Å². The molecule has 5 rings (SSSR count). The van der Waals surface area contributed by atoms with Gasteiger partial charge in [-0.25, -0.2) is 4.79 Å². The second-order valence-electron chi connectivity index (χ2n) is 8.34. The molecule has 0 N–H and O–H groups in total. The van der Waals surface area contributed by atoms with Crippen LogP contribution in [0.1, 0.15) is 57.8 Å². The molecular formula is C28H22BrNO5. The number of benzene rings is 3. The highest BCUT2D eigenvalue weighted by Crippen LogP contribution is 2.41. The minimum absolute atomic E-state index is 0.0294. The minimum atomic E-state index is -0.666. The fourth-order valence-electron chi connectivity index (χ4n) is 4.31. The van der Waals surface area contributed by atoms with Gasteiger partial charge in [0.15, 0.2) is 5.43 Å². The van der Waals surface area contributed by atoms with Crippen molar-refractivity contribution in [2.45, 2.75) is 25.8 Å². The number of hydrogen-bond donors (Lipinski definition) is 0. The zero-order chi connectivity index (χ0) is 24.5. The van der Waals surface area contributed by atoms with Crippen molar-refractivity contribution in [1.82, 2.24) is 0 Å². The van der Waals surface area contributed by atoms with Gasteiger partial charge in [0.1, 0.15) is 5.58 Å². The molecule has 7 heteroatoms. The van der Waals surface area contributed by atoms with E-state index in [0.717, 1.165) is 22.9 Å². The third-order valence-electron chi connectivity index (χ3n) is 6.06. The van der Waals surface area contributed by atoms with Gasteiger partial charge in [-0.15, -0.1) is 0 Å². The Morgan fingerprint density at radius 3 is 2.49 bits per heavy atom. The van der Waals surface area contributed by atoms with Crippen LogP contribution in [0.25, 0.3) is 11.0 Å². The fourth-order valence-corrected chi connectivity index (χ4v) is 4.67. The van der Waals surface area contributed by atoms with E-state index in [4.69, 9.17) is 9.15 Å². The minimum Gasteiger partial charge on any atom is -0.462 e. The monoisotopic (exact) mass is 531 g/mol. The molecule has 0 aliphatic carbocycles. The first-order valence-corrected chi connectivity index (χ1v) is 12.2. The van der Waals surface area contributed by atoms with Crippen LogP contribution in [-0.4, -0.2) is 18.5 Å². The zero-order valence-electron chi connectivity index (χ0n) is 19.0. The van der Waals surface area contributed by atoms with Crippen molar-refractivity contribution in [3.05, 3.63) is 110 Å². The van der Waals surface area contributed by atoms with Crippen molar-refractivity contribution >= 4 is 44.5 Å². The number of carbonyl (C=O) groups is 2. The summed E-state index contributed by atoms with van der Waals surface area (Å²) >= 11 is 3.41. The van der Waals surface area contributed by atoms with E-state index < -0.39 is 17.9 Å². The number of nitrogens with zero attached hydrogens (tertiary/aromatic N) is 1. The second-order valence-corrected chi connectivity index (χ2v) is 9.25. The number of unbranched alkanes of at least 4 members (excludes halogenated alkanes) is 1. The molecule has 4 aromatic rings. The lowest BCUT2D eigenvalue weighted by molar-refractivity contribution is 0.0499. The van der Waals surface area contributed by atoms with Gasteiger partial charge >= 0.3 is 5.97 Å². The van der Waals surface area contributed by atoms with Gasteiger partial charge in [0.2, 0.25) is 5.76 Å². The van der Waals surface area contributed by atoms with Crippen LogP contribution in [0.15, 0.2) is 86.5 Å². The van der Waals surface area contributed by atoms with Crippen LogP contribution >= 0.6 is 15.9 Å². The fraction of sp³-hybridized carbons (Fsp3) is 0.179. The van der Waals surface area contributed by atoms with Gasteiger partial charge in [0, 0.05) is 10.2 Å². The van der Waals surface area contributed by atoms with Crippen LogP contribution in [-0.2, 0) is 4.74 Å². The number of amides is 1. The van der Waals surface area contributed by atoms with E-state index in [1.807, 2.05) is 37.3 Å². The third-order valence-corrected chi connectivity index (χ3v) is 6.55. The molecule has 176 valence electrons. The standard InChI is InChI=1S/C28H22BrNO5/c1-2-3-15-34-28(33)18-9-12-20(13-10-18)30-24(17-7-5-4-6-8-17)23-25(31)21-16-19(29)11-14-22(21)35-26(23)27(30)32/h4-14,16,24H,2-3,15H2,1H3. The Kier molecular flexibility index (Phi) is 6.26.